The Bertz CT molecular complexity index is 1160. The zero-order valence-electron chi connectivity index (χ0n) is 17.9. The number of hydrogen-bond acceptors (Lipinski definition) is 7. The molecule has 0 radical (unpaired) electrons. The lowest BCUT2D eigenvalue weighted by atomic mass is 10.2. The van der Waals surface area contributed by atoms with E-state index in [1.54, 1.807) is 12.1 Å². The molecule has 9 nitrogen and oxygen atoms in total. The van der Waals surface area contributed by atoms with Crippen LogP contribution in [0.5, 0.6) is 17.2 Å². The molecule has 1 aliphatic heterocycles. The molecule has 1 saturated heterocycles. The number of methoxy groups -OCH3 is 3. The molecule has 0 aromatic heterocycles. The van der Waals surface area contributed by atoms with Crippen LogP contribution in [0.1, 0.15) is 5.56 Å². The largest absolute Gasteiger partial charge is 0.495 e. The average Bonchev–Trinajstić information content (AvgIpc) is 2.78. The lowest BCUT2D eigenvalue weighted by Crippen LogP contribution is -2.50. The Morgan fingerprint density at radius 2 is 1.23 bits per heavy atom. The van der Waals surface area contributed by atoms with Crippen LogP contribution in [0.25, 0.3) is 0 Å². The summed E-state index contributed by atoms with van der Waals surface area (Å²) in [5.41, 5.74) is 0.877. The third kappa shape index (κ3) is 4.49. The summed E-state index contributed by atoms with van der Waals surface area (Å²) in [5.74, 6) is 0.987. The van der Waals surface area contributed by atoms with Gasteiger partial charge < -0.3 is 14.2 Å². The van der Waals surface area contributed by atoms with Crippen LogP contribution in [0, 0.1) is 6.92 Å². The Labute approximate surface area is 183 Å². The van der Waals surface area contributed by atoms with Gasteiger partial charge in [0.2, 0.25) is 20.0 Å². The monoisotopic (exact) mass is 470 g/mol. The summed E-state index contributed by atoms with van der Waals surface area (Å²) in [4.78, 5) is 0.124. The summed E-state index contributed by atoms with van der Waals surface area (Å²) < 4.78 is 70.5. The molecule has 0 amide bonds. The van der Waals surface area contributed by atoms with Crippen molar-refractivity contribution in [3.8, 4) is 17.2 Å². The molecule has 31 heavy (non-hydrogen) atoms. The molecule has 170 valence electrons. The van der Waals surface area contributed by atoms with Gasteiger partial charge in [-0.2, -0.15) is 8.61 Å². The quantitative estimate of drug-likeness (QED) is 0.607. The summed E-state index contributed by atoms with van der Waals surface area (Å²) in [6, 6.07) is 9.23. The first-order valence-corrected chi connectivity index (χ1v) is 12.4. The van der Waals surface area contributed by atoms with Crippen LogP contribution in [-0.2, 0) is 20.0 Å². The van der Waals surface area contributed by atoms with Gasteiger partial charge in [0.1, 0.15) is 10.6 Å². The molecule has 0 saturated carbocycles. The van der Waals surface area contributed by atoms with Gasteiger partial charge in [0.05, 0.1) is 26.2 Å². The van der Waals surface area contributed by atoms with Crippen molar-refractivity contribution in [1.29, 1.82) is 0 Å². The first-order valence-electron chi connectivity index (χ1n) is 9.52. The molecule has 0 spiro atoms. The molecule has 0 N–H and O–H groups in total. The second-order valence-electron chi connectivity index (χ2n) is 6.98. The number of piperazine rings is 1. The van der Waals surface area contributed by atoms with Crippen LogP contribution in [0.3, 0.4) is 0 Å². The predicted octanol–water partition coefficient (Wildman–Crippen LogP) is 1.72. The van der Waals surface area contributed by atoms with Crippen molar-refractivity contribution >= 4 is 20.0 Å². The minimum atomic E-state index is -3.82. The van der Waals surface area contributed by atoms with E-state index in [0.29, 0.717) is 11.5 Å². The van der Waals surface area contributed by atoms with E-state index in [2.05, 4.69) is 0 Å². The summed E-state index contributed by atoms with van der Waals surface area (Å²) in [7, 11) is -3.33. The van der Waals surface area contributed by atoms with Crippen LogP contribution in [0.2, 0.25) is 0 Å². The van der Waals surface area contributed by atoms with E-state index < -0.39 is 20.0 Å². The van der Waals surface area contributed by atoms with Crippen LogP contribution < -0.4 is 14.2 Å². The van der Waals surface area contributed by atoms with E-state index in [0.717, 1.165) is 5.56 Å². The van der Waals surface area contributed by atoms with E-state index in [1.165, 1.54) is 54.2 Å². The number of rotatable bonds is 7. The average molecular weight is 471 g/mol. The molecule has 1 heterocycles. The molecule has 0 atom stereocenters. The van der Waals surface area contributed by atoms with E-state index in [1.807, 2.05) is 6.92 Å². The molecule has 0 aliphatic carbocycles. The standard InChI is InChI=1S/C20H26N2O7S2/c1-15-5-8-20(19(13-15)29-4)31(25,26)22-11-9-21(10-12-22)30(23,24)16-6-7-17(27-2)18(14-16)28-3/h5-8,13-14H,9-12H2,1-4H3. The topological polar surface area (TPSA) is 102 Å². The Balaban J connectivity index is 1.80. The molecule has 11 heteroatoms. The van der Waals surface area contributed by atoms with E-state index in [9.17, 15) is 16.8 Å². The summed E-state index contributed by atoms with van der Waals surface area (Å²) >= 11 is 0. The smallest absolute Gasteiger partial charge is 0.246 e. The molecular weight excluding hydrogens is 444 g/mol. The Morgan fingerprint density at radius 1 is 0.677 bits per heavy atom. The highest BCUT2D eigenvalue weighted by Crippen LogP contribution is 2.32. The van der Waals surface area contributed by atoms with Gasteiger partial charge in [0.15, 0.2) is 11.5 Å². The number of hydrogen-bond donors (Lipinski definition) is 0. The molecule has 0 bridgehead atoms. The molecular formula is C20H26N2O7S2. The second kappa shape index (κ2) is 9.03. The molecule has 0 unspecified atom stereocenters. The van der Waals surface area contributed by atoms with Crippen molar-refractivity contribution in [2.75, 3.05) is 47.5 Å². The van der Waals surface area contributed by atoms with Gasteiger partial charge in [0.25, 0.3) is 0 Å². The highest BCUT2D eigenvalue weighted by Gasteiger charge is 2.35. The predicted molar refractivity (Wildman–Crippen MR) is 115 cm³/mol. The van der Waals surface area contributed by atoms with E-state index in [4.69, 9.17) is 14.2 Å². The zero-order valence-corrected chi connectivity index (χ0v) is 19.5. The van der Waals surface area contributed by atoms with Crippen molar-refractivity contribution in [3.63, 3.8) is 0 Å². The SMILES string of the molecule is COc1ccc(S(=O)(=O)N2CCN(S(=O)(=O)c3ccc(C)cc3OC)CC2)cc1OC. The van der Waals surface area contributed by atoms with Crippen molar-refractivity contribution < 1.29 is 31.0 Å². The third-order valence-electron chi connectivity index (χ3n) is 5.13. The molecule has 1 fully saturated rings. The number of aryl methyl sites for hydroxylation is 1. The van der Waals surface area contributed by atoms with Gasteiger partial charge in [-0.3, -0.25) is 0 Å². The lowest BCUT2D eigenvalue weighted by molar-refractivity contribution is 0.272. The highest BCUT2D eigenvalue weighted by atomic mass is 32.2. The maximum atomic E-state index is 13.1. The zero-order chi connectivity index (χ0) is 22.8. The fourth-order valence-corrected chi connectivity index (χ4v) is 6.40. The fraction of sp³-hybridized carbons (Fsp3) is 0.400. The van der Waals surface area contributed by atoms with E-state index >= 15 is 0 Å². The van der Waals surface area contributed by atoms with E-state index in [-0.39, 0.29) is 41.7 Å². The molecule has 2 aromatic rings. The Hall–Kier alpha value is -2.34. The van der Waals surface area contributed by atoms with Crippen LogP contribution >= 0.6 is 0 Å². The maximum absolute atomic E-state index is 13.1. The number of sulfonamides is 2. The summed E-state index contributed by atoms with van der Waals surface area (Å²) in [5, 5.41) is 0. The van der Waals surface area contributed by atoms with Crippen LogP contribution in [0.4, 0.5) is 0 Å². The van der Waals surface area contributed by atoms with Crippen LogP contribution in [0.15, 0.2) is 46.2 Å². The summed E-state index contributed by atoms with van der Waals surface area (Å²) in [6.07, 6.45) is 0. The first-order chi connectivity index (χ1) is 14.6. The van der Waals surface area contributed by atoms with Gasteiger partial charge >= 0.3 is 0 Å². The fourth-order valence-electron chi connectivity index (χ4n) is 3.40. The Kier molecular flexibility index (Phi) is 6.79. The highest BCUT2D eigenvalue weighted by molar-refractivity contribution is 7.89. The van der Waals surface area contributed by atoms with Gasteiger partial charge in [-0.25, -0.2) is 16.8 Å². The van der Waals surface area contributed by atoms with Gasteiger partial charge in [-0.15, -0.1) is 0 Å². The van der Waals surface area contributed by atoms with Crippen molar-refractivity contribution in [3.05, 3.63) is 42.0 Å². The van der Waals surface area contributed by atoms with Gasteiger partial charge in [0, 0.05) is 32.2 Å². The maximum Gasteiger partial charge on any atom is 0.246 e. The van der Waals surface area contributed by atoms with Gasteiger partial charge in [-0.1, -0.05) is 6.07 Å². The minimum absolute atomic E-state index is 0.0318. The third-order valence-corrected chi connectivity index (χ3v) is 8.96. The normalized spacial score (nSPS) is 16.1. The lowest BCUT2D eigenvalue weighted by Gasteiger charge is -2.33. The second-order valence-corrected chi connectivity index (χ2v) is 10.8. The number of benzene rings is 2. The van der Waals surface area contributed by atoms with Crippen molar-refractivity contribution in [1.82, 2.24) is 8.61 Å². The molecule has 3 rings (SSSR count). The summed E-state index contributed by atoms with van der Waals surface area (Å²) in [6.45, 7) is 1.97. The first kappa shape index (κ1) is 23.3. The van der Waals surface area contributed by atoms with Crippen molar-refractivity contribution in [2.45, 2.75) is 16.7 Å². The number of nitrogens with zero attached hydrogens (tertiary/aromatic N) is 2. The Morgan fingerprint density at radius 3 is 1.77 bits per heavy atom. The van der Waals surface area contributed by atoms with Crippen molar-refractivity contribution in [2.24, 2.45) is 0 Å². The minimum Gasteiger partial charge on any atom is -0.495 e. The number of ether oxygens (including phenoxy) is 3. The molecule has 2 aromatic carbocycles. The van der Waals surface area contributed by atoms with Crippen LogP contribution in [-0.4, -0.2) is 73.0 Å². The molecule has 1 aliphatic rings. The van der Waals surface area contributed by atoms with Gasteiger partial charge in [-0.05, 0) is 36.8 Å².